The molecule has 1 fully saturated rings. The van der Waals surface area contributed by atoms with E-state index in [1.165, 1.54) is 38.5 Å². The van der Waals surface area contributed by atoms with Crippen molar-refractivity contribution in [3.8, 4) is 0 Å². The Balaban J connectivity index is 1.77. The SMILES string of the molecule is Cc1nc(SCCC2CCCCC2)sc1CC(=O)O. The molecule has 1 aliphatic rings. The quantitative estimate of drug-likeness (QED) is 0.802. The molecular formula is C14H21NO2S2. The Bertz CT molecular complexity index is 425. The molecule has 0 amide bonds. The van der Waals surface area contributed by atoms with E-state index in [1.54, 1.807) is 23.1 Å². The molecule has 19 heavy (non-hydrogen) atoms. The fourth-order valence-corrected chi connectivity index (χ4v) is 4.95. The van der Waals surface area contributed by atoms with Crippen molar-refractivity contribution in [1.82, 2.24) is 4.98 Å². The molecule has 1 N–H and O–H groups in total. The minimum atomic E-state index is -0.773. The first-order valence-electron chi connectivity index (χ1n) is 6.96. The summed E-state index contributed by atoms with van der Waals surface area (Å²) in [6.07, 6.45) is 8.37. The van der Waals surface area contributed by atoms with Gasteiger partial charge >= 0.3 is 5.97 Å². The number of carbonyl (C=O) groups is 1. The second kappa shape index (κ2) is 7.29. The number of hydrogen-bond donors (Lipinski definition) is 1. The largest absolute Gasteiger partial charge is 0.481 e. The Labute approximate surface area is 122 Å². The van der Waals surface area contributed by atoms with Gasteiger partial charge in [0.25, 0.3) is 0 Å². The van der Waals surface area contributed by atoms with Crippen LogP contribution in [0, 0.1) is 12.8 Å². The third-order valence-corrected chi connectivity index (χ3v) is 5.99. The normalized spacial score (nSPS) is 16.7. The van der Waals surface area contributed by atoms with Crippen molar-refractivity contribution in [2.75, 3.05) is 5.75 Å². The fourth-order valence-electron chi connectivity index (χ4n) is 2.55. The Hall–Kier alpha value is -0.550. The molecule has 1 aromatic rings. The van der Waals surface area contributed by atoms with Crippen LogP contribution in [-0.4, -0.2) is 21.8 Å². The van der Waals surface area contributed by atoms with Gasteiger partial charge in [0.05, 0.1) is 12.1 Å². The summed E-state index contributed by atoms with van der Waals surface area (Å²) in [4.78, 5) is 16.1. The van der Waals surface area contributed by atoms with Gasteiger partial charge in [-0.2, -0.15) is 0 Å². The van der Waals surface area contributed by atoms with Gasteiger partial charge in [0.2, 0.25) is 0 Å². The van der Waals surface area contributed by atoms with Gasteiger partial charge in [0.15, 0.2) is 0 Å². The van der Waals surface area contributed by atoms with E-state index in [2.05, 4.69) is 4.98 Å². The number of aromatic nitrogens is 1. The average Bonchev–Trinajstić information content (AvgIpc) is 2.70. The molecule has 0 bridgehead atoms. The molecule has 0 atom stereocenters. The summed E-state index contributed by atoms with van der Waals surface area (Å²) in [7, 11) is 0. The molecule has 3 nitrogen and oxygen atoms in total. The van der Waals surface area contributed by atoms with E-state index in [9.17, 15) is 4.79 Å². The lowest BCUT2D eigenvalue weighted by Crippen LogP contribution is -2.06. The third-order valence-electron chi connectivity index (χ3n) is 3.66. The standard InChI is InChI=1S/C14H21NO2S2/c1-10-12(9-13(16)17)19-14(15-10)18-8-7-11-5-3-2-4-6-11/h11H,2-9H2,1H3,(H,16,17). The number of aryl methyl sites for hydroxylation is 1. The van der Waals surface area contributed by atoms with E-state index in [1.807, 2.05) is 6.92 Å². The first-order chi connectivity index (χ1) is 9.15. The lowest BCUT2D eigenvalue weighted by molar-refractivity contribution is -0.136. The van der Waals surface area contributed by atoms with Crippen LogP contribution in [0.15, 0.2) is 4.34 Å². The molecule has 5 heteroatoms. The van der Waals surface area contributed by atoms with Crippen LogP contribution >= 0.6 is 23.1 Å². The number of rotatable bonds is 6. The number of nitrogens with zero attached hydrogens (tertiary/aromatic N) is 1. The average molecular weight is 299 g/mol. The van der Waals surface area contributed by atoms with Gasteiger partial charge in [-0.25, -0.2) is 4.98 Å². The molecule has 0 saturated heterocycles. The van der Waals surface area contributed by atoms with Crippen molar-refractivity contribution in [3.05, 3.63) is 10.6 Å². The third kappa shape index (κ3) is 4.80. The highest BCUT2D eigenvalue weighted by atomic mass is 32.2. The van der Waals surface area contributed by atoms with Gasteiger partial charge in [0, 0.05) is 10.6 Å². The monoisotopic (exact) mass is 299 g/mol. The maximum Gasteiger partial charge on any atom is 0.308 e. The lowest BCUT2D eigenvalue weighted by Gasteiger charge is -2.20. The van der Waals surface area contributed by atoms with E-state index in [0.29, 0.717) is 0 Å². The highest BCUT2D eigenvalue weighted by molar-refractivity contribution is 8.01. The van der Waals surface area contributed by atoms with Crippen LogP contribution in [0.2, 0.25) is 0 Å². The second-order valence-corrected chi connectivity index (χ2v) is 7.63. The van der Waals surface area contributed by atoms with Crippen LogP contribution in [0.5, 0.6) is 0 Å². The Morgan fingerprint density at radius 3 is 2.84 bits per heavy atom. The minimum Gasteiger partial charge on any atom is -0.481 e. The van der Waals surface area contributed by atoms with Gasteiger partial charge < -0.3 is 5.11 Å². The van der Waals surface area contributed by atoms with Crippen molar-refractivity contribution in [2.24, 2.45) is 5.92 Å². The van der Waals surface area contributed by atoms with Crippen LogP contribution in [0.4, 0.5) is 0 Å². The van der Waals surface area contributed by atoms with E-state index in [-0.39, 0.29) is 6.42 Å². The predicted molar refractivity (Wildman–Crippen MR) is 80.1 cm³/mol. The maximum atomic E-state index is 10.7. The van der Waals surface area contributed by atoms with Crippen LogP contribution < -0.4 is 0 Å². The van der Waals surface area contributed by atoms with Crippen molar-refractivity contribution in [3.63, 3.8) is 0 Å². The molecule has 1 aliphatic carbocycles. The molecule has 0 unspecified atom stereocenters. The number of thioether (sulfide) groups is 1. The summed E-state index contributed by atoms with van der Waals surface area (Å²) in [6, 6.07) is 0. The number of carboxylic acids is 1. The molecule has 1 aromatic heterocycles. The zero-order valence-electron chi connectivity index (χ0n) is 11.4. The molecule has 1 heterocycles. The molecule has 0 spiro atoms. The Kier molecular flexibility index (Phi) is 5.70. The fraction of sp³-hybridized carbons (Fsp3) is 0.714. The van der Waals surface area contributed by atoms with Crippen LogP contribution in [-0.2, 0) is 11.2 Å². The van der Waals surface area contributed by atoms with E-state index < -0.39 is 5.97 Å². The lowest BCUT2D eigenvalue weighted by atomic mass is 9.88. The first-order valence-corrected chi connectivity index (χ1v) is 8.76. The number of hydrogen-bond acceptors (Lipinski definition) is 4. The summed E-state index contributed by atoms with van der Waals surface area (Å²) in [5.41, 5.74) is 0.882. The van der Waals surface area contributed by atoms with Crippen LogP contribution in [0.25, 0.3) is 0 Å². The summed E-state index contributed by atoms with van der Waals surface area (Å²) in [5, 5.41) is 8.82. The van der Waals surface area contributed by atoms with Gasteiger partial charge in [-0.15, -0.1) is 11.3 Å². The van der Waals surface area contributed by atoms with Gasteiger partial charge in [0.1, 0.15) is 4.34 Å². The summed E-state index contributed by atoms with van der Waals surface area (Å²) >= 11 is 3.34. The molecular weight excluding hydrogens is 278 g/mol. The van der Waals surface area contributed by atoms with Gasteiger partial charge in [-0.1, -0.05) is 43.9 Å². The minimum absolute atomic E-state index is 0.104. The van der Waals surface area contributed by atoms with Gasteiger partial charge in [-0.05, 0) is 19.3 Å². The Morgan fingerprint density at radius 2 is 2.16 bits per heavy atom. The molecule has 0 radical (unpaired) electrons. The van der Waals surface area contributed by atoms with Gasteiger partial charge in [-0.3, -0.25) is 4.79 Å². The summed E-state index contributed by atoms with van der Waals surface area (Å²) in [5.74, 6) is 1.25. The zero-order valence-corrected chi connectivity index (χ0v) is 13.0. The molecule has 2 rings (SSSR count). The molecule has 0 aromatic carbocycles. The molecule has 0 aliphatic heterocycles. The highest BCUT2D eigenvalue weighted by Gasteiger charge is 2.14. The number of thiazole rings is 1. The first kappa shape index (κ1) is 14.9. The van der Waals surface area contributed by atoms with E-state index >= 15 is 0 Å². The van der Waals surface area contributed by atoms with Crippen molar-refractivity contribution in [1.29, 1.82) is 0 Å². The smallest absolute Gasteiger partial charge is 0.308 e. The predicted octanol–water partition coefficient (Wildman–Crippen LogP) is 4.14. The number of carboxylic acid groups (broad SMARTS) is 1. The van der Waals surface area contributed by atoms with E-state index in [4.69, 9.17) is 5.11 Å². The van der Waals surface area contributed by atoms with Crippen molar-refractivity contribution < 1.29 is 9.90 Å². The molecule has 1 saturated carbocycles. The van der Waals surface area contributed by atoms with E-state index in [0.717, 1.165) is 26.6 Å². The molecule has 106 valence electrons. The second-order valence-electron chi connectivity index (χ2n) is 5.20. The maximum absolute atomic E-state index is 10.7. The summed E-state index contributed by atoms with van der Waals surface area (Å²) in [6.45, 7) is 1.90. The van der Waals surface area contributed by atoms with Crippen LogP contribution in [0.1, 0.15) is 49.1 Å². The highest BCUT2D eigenvalue weighted by Crippen LogP contribution is 2.31. The zero-order chi connectivity index (χ0) is 13.7. The number of aliphatic carboxylic acids is 1. The van der Waals surface area contributed by atoms with Crippen molar-refractivity contribution in [2.45, 2.75) is 56.2 Å². The Morgan fingerprint density at radius 1 is 1.42 bits per heavy atom. The topological polar surface area (TPSA) is 50.2 Å². The van der Waals surface area contributed by atoms with Crippen LogP contribution in [0.3, 0.4) is 0 Å². The summed E-state index contributed by atoms with van der Waals surface area (Å²) < 4.78 is 1.03. The van der Waals surface area contributed by atoms with Crippen molar-refractivity contribution >= 4 is 29.1 Å².